The van der Waals surface area contributed by atoms with Gasteiger partial charge in [0.25, 0.3) is 5.91 Å². The van der Waals surface area contributed by atoms with E-state index in [1.165, 1.54) is 5.48 Å². The maximum atomic E-state index is 10.6. The highest BCUT2D eigenvalue weighted by Crippen LogP contribution is 2.04. The summed E-state index contributed by atoms with van der Waals surface area (Å²) in [7, 11) is 0. The fourth-order valence-electron chi connectivity index (χ4n) is 0.587. The highest BCUT2D eigenvalue weighted by atomic mass is 16.5. The lowest BCUT2D eigenvalue weighted by Gasteiger charge is -2.14. The number of carbonyl (C=O) groups is 1. The van der Waals surface area contributed by atoms with Gasteiger partial charge in [-0.1, -0.05) is 20.3 Å². The van der Waals surface area contributed by atoms with Gasteiger partial charge in [-0.15, -0.1) is 0 Å². The molecule has 0 saturated heterocycles. The first-order valence-electron chi connectivity index (χ1n) is 3.33. The van der Waals surface area contributed by atoms with Crippen LogP contribution >= 0.6 is 0 Å². The smallest absolute Gasteiger partial charge is 0.260 e. The predicted octanol–water partition coefficient (Wildman–Crippen LogP) is -0.135. The summed E-state index contributed by atoms with van der Waals surface area (Å²) in [5.74, 6) is -0.415. The van der Waals surface area contributed by atoms with E-state index in [2.05, 4.69) is 0 Å². The Morgan fingerprint density at radius 1 is 1.80 bits per heavy atom. The van der Waals surface area contributed by atoms with Gasteiger partial charge in [0, 0.05) is 0 Å². The van der Waals surface area contributed by atoms with Crippen LogP contribution in [0.3, 0.4) is 0 Å². The predicted molar refractivity (Wildman–Crippen MR) is 37.4 cm³/mol. The summed E-state index contributed by atoms with van der Waals surface area (Å²) in [5.41, 5.74) is 6.93. The van der Waals surface area contributed by atoms with Crippen molar-refractivity contribution in [3.8, 4) is 0 Å². The molecule has 60 valence electrons. The van der Waals surface area contributed by atoms with Crippen molar-refractivity contribution in [1.29, 1.82) is 0 Å². The van der Waals surface area contributed by atoms with Crippen molar-refractivity contribution in [3.63, 3.8) is 0 Å². The Labute approximate surface area is 60.4 Å². The van der Waals surface area contributed by atoms with Crippen molar-refractivity contribution in [2.24, 2.45) is 11.7 Å². The minimum atomic E-state index is -0.602. The normalized spacial score (nSPS) is 16.0. The zero-order valence-corrected chi connectivity index (χ0v) is 6.29. The van der Waals surface area contributed by atoms with Crippen molar-refractivity contribution in [3.05, 3.63) is 0 Å². The highest BCUT2D eigenvalue weighted by Gasteiger charge is 2.17. The first kappa shape index (κ1) is 9.39. The molecule has 2 atom stereocenters. The SMILES string of the molecule is CCC(C)[C@H](N)C(=O)NO. The maximum absolute atomic E-state index is 10.6. The molecule has 0 saturated carbocycles. The van der Waals surface area contributed by atoms with Crippen LogP contribution in [0.25, 0.3) is 0 Å². The van der Waals surface area contributed by atoms with E-state index in [-0.39, 0.29) is 5.92 Å². The molecule has 0 rings (SSSR count). The van der Waals surface area contributed by atoms with Crippen LogP contribution in [0.1, 0.15) is 20.3 Å². The molecule has 10 heavy (non-hydrogen) atoms. The zero-order valence-electron chi connectivity index (χ0n) is 6.29. The first-order chi connectivity index (χ1) is 4.63. The van der Waals surface area contributed by atoms with Gasteiger partial charge < -0.3 is 5.73 Å². The van der Waals surface area contributed by atoms with Crippen LogP contribution in [0.5, 0.6) is 0 Å². The van der Waals surface area contributed by atoms with Gasteiger partial charge in [0.2, 0.25) is 0 Å². The highest BCUT2D eigenvalue weighted by molar-refractivity contribution is 5.80. The fourth-order valence-corrected chi connectivity index (χ4v) is 0.587. The number of rotatable bonds is 3. The van der Waals surface area contributed by atoms with Crippen LogP contribution in [0.2, 0.25) is 0 Å². The van der Waals surface area contributed by atoms with Crippen LogP contribution in [0.4, 0.5) is 0 Å². The Bertz CT molecular complexity index is 116. The number of hydroxylamine groups is 1. The van der Waals surface area contributed by atoms with Gasteiger partial charge in [-0.05, 0) is 5.92 Å². The number of nitrogens with two attached hydrogens (primary N) is 1. The number of nitrogens with one attached hydrogen (secondary N) is 1. The molecule has 1 amide bonds. The molecule has 0 bridgehead atoms. The molecule has 0 radical (unpaired) electrons. The lowest BCUT2D eigenvalue weighted by molar-refractivity contribution is -0.131. The molecule has 1 unspecified atom stereocenters. The molecular formula is C6H14N2O2. The largest absolute Gasteiger partial charge is 0.320 e. The van der Waals surface area contributed by atoms with Crippen LogP contribution in [0, 0.1) is 5.92 Å². The number of hydrogen-bond acceptors (Lipinski definition) is 3. The Morgan fingerprint density at radius 3 is 2.60 bits per heavy atom. The molecular weight excluding hydrogens is 132 g/mol. The Balaban J connectivity index is 3.81. The minimum Gasteiger partial charge on any atom is -0.320 e. The van der Waals surface area contributed by atoms with Crippen LogP contribution < -0.4 is 11.2 Å². The summed E-state index contributed by atoms with van der Waals surface area (Å²) in [5, 5.41) is 8.17. The average molecular weight is 146 g/mol. The topological polar surface area (TPSA) is 75.4 Å². The Morgan fingerprint density at radius 2 is 2.30 bits per heavy atom. The minimum absolute atomic E-state index is 0.104. The molecule has 4 nitrogen and oxygen atoms in total. The van der Waals surface area contributed by atoms with Crippen molar-refractivity contribution >= 4 is 5.91 Å². The molecule has 0 aromatic heterocycles. The molecule has 0 heterocycles. The number of carbonyl (C=O) groups excluding carboxylic acids is 1. The Kier molecular flexibility index (Phi) is 3.99. The first-order valence-corrected chi connectivity index (χ1v) is 3.33. The summed E-state index contributed by atoms with van der Waals surface area (Å²) in [6.45, 7) is 3.80. The van der Waals surface area contributed by atoms with Crippen molar-refractivity contribution in [2.75, 3.05) is 0 Å². The molecule has 0 fully saturated rings. The van der Waals surface area contributed by atoms with Gasteiger partial charge in [-0.25, -0.2) is 5.48 Å². The van der Waals surface area contributed by atoms with E-state index in [1.54, 1.807) is 0 Å². The second-order valence-electron chi connectivity index (χ2n) is 2.39. The maximum Gasteiger partial charge on any atom is 0.260 e. The summed E-state index contributed by atoms with van der Waals surface area (Å²) >= 11 is 0. The third-order valence-corrected chi connectivity index (χ3v) is 1.67. The van der Waals surface area contributed by atoms with Gasteiger partial charge in [0.05, 0.1) is 6.04 Å². The number of amides is 1. The van der Waals surface area contributed by atoms with Gasteiger partial charge in [-0.3, -0.25) is 10.0 Å². The lowest BCUT2D eigenvalue weighted by Crippen LogP contribution is -2.43. The second-order valence-corrected chi connectivity index (χ2v) is 2.39. The van der Waals surface area contributed by atoms with E-state index >= 15 is 0 Å². The van der Waals surface area contributed by atoms with Gasteiger partial charge in [0.15, 0.2) is 0 Å². The zero-order chi connectivity index (χ0) is 8.15. The molecule has 0 aromatic rings. The van der Waals surface area contributed by atoms with Crippen molar-refractivity contribution in [1.82, 2.24) is 5.48 Å². The van der Waals surface area contributed by atoms with Gasteiger partial charge in [-0.2, -0.15) is 0 Å². The van der Waals surface area contributed by atoms with Crippen LogP contribution in [-0.4, -0.2) is 17.2 Å². The monoisotopic (exact) mass is 146 g/mol. The molecule has 0 aliphatic heterocycles. The van der Waals surface area contributed by atoms with E-state index < -0.39 is 11.9 Å². The van der Waals surface area contributed by atoms with Crippen molar-refractivity contribution in [2.45, 2.75) is 26.3 Å². The van der Waals surface area contributed by atoms with Crippen LogP contribution in [0.15, 0.2) is 0 Å². The molecule has 4 heteroatoms. The van der Waals surface area contributed by atoms with Gasteiger partial charge in [0.1, 0.15) is 0 Å². The molecule has 4 N–H and O–H groups in total. The third kappa shape index (κ3) is 2.33. The molecule has 0 aromatic carbocycles. The van der Waals surface area contributed by atoms with E-state index in [4.69, 9.17) is 10.9 Å². The molecule has 0 aliphatic carbocycles. The van der Waals surface area contributed by atoms with Crippen molar-refractivity contribution < 1.29 is 10.0 Å². The van der Waals surface area contributed by atoms with Gasteiger partial charge >= 0.3 is 0 Å². The van der Waals surface area contributed by atoms with E-state index in [0.717, 1.165) is 6.42 Å². The average Bonchev–Trinajstić information content (AvgIpc) is 2.00. The lowest BCUT2D eigenvalue weighted by atomic mass is 10.00. The summed E-state index contributed by atoms with van der Waals surface area (Å²) in [6.07, 6.45) is 0.828. The molecule has 0 aliphatic rings. The summed E-state index contributed by atoms with van der Waals surface area (Å²) in [4.78, 5) is 10.6. The Hall–Kier alpha value is -0.610. The van der Waals surface area contributed by atoms with Crippen LogP contribution in [-0.2, 0) is 4.79 Å². The summed E-state index contributed by atoms with van der Waals surface area (Å²) in [6, 6.07) is -0.602. The second kappa shape index (κ2) is 4.24. The van der Waals surface area contributed by atoms with E-state index in [0.29, 0.717) is 0 Å². The number of hydrogen-bond donors (Lipinski definition) is 3. The fraction of sp³-hybridized carbons (Fsp3) is 0.833. The van der Waals surface area contributed by atoms with E-state index in [9.17, 15) is 4.79 Å². The molecule has 0 spiro atoms. The van der Waals surface area contributed by atoms with E-state index in [1.807, 2.05) is 13.8 Å². The third-order valence-electron chi connectivity index (χ3n) is 1.67. The standard InChI is InChI=1S/C6H14N2O2/c1-3-4(2)5(7)6(9)8-10/h4-5,10H,3,7H2,1-2H3,(H,8,9)/t4?,5-/m0/s1. The quantitative estimate of drug-likeness (QED) is 0.383. The summed E-state index contributed by atoms with van der Waals surface area (Å²) < 4.78 is 0.